The van der Waals surface area contributed by atoms with Gasteiger partial charge >= 0.3 is 5.97 Å². The molecule has 0 saturated carbocycles. The van der Waals surface area contributed by atoms with Crippen LogP contribution in [0.2, 0.25) is 0 Å². The molecule has 0 aromatic heterocycles. The van der Waals surface area contributed by atoms with E-state index in [1.54, 1.807) is 12.1 Å². The minimum absolute atomic E-state index is 0.00843. The Balaban J connectivity index is 1.53. The number of benzene rings is 2. The van der Waals surface area contributed by atoms with Gasteiger partial charge in [0.05, 0.1) is 17.1 Å². The molecule has 0 aliphatic rings. The minimum atomic E-state index is -3.78. The van der Waals surface area contributed by atoms with Crippen molar-refractivity contribution in [1.82, 2.24) is 0 Å². The Morgan fingerprint density at radius 1 is 0.722 bits per heavy atom. The summed E-state index contributed by atoms with van der Waals surface area (Å²) in [5, 5.41) is 9.32. The number of ether oxygens (including phenoxy) is 1. The second-order valence-corrected chi connectivity index (χ2v) is 11.1. The largest absolute Gasteiger partial charge is 0.508 e. The van der Waals surface area contributed by atoms with Crippen LogP contribution >= 0.6 is 0 Å². The molecule has 0 heterocycles. The molecule has 0 radical (unpaired) electrons. The Morgan fingerprint density at radius 2 is 1.19 bits per heavy atom. The zero-order chi connectivity index (χ0) is 26.1. The van der Waals surface area contributed by atoms with E-state index in [-0.39, 0.29) is 10.6 Å². The fourth-order valence-corrected chi connectivity index (χ4v) is 5.12. The van der Waals surface area contributed by atoms with E-state index in [4.69, 9.17) is 4.74 Å². The number of phenolic OH excluding ortho intramolecular Hbond substituents is 1. The van der Waals surface area contributed by atoms with Gasteiger partial charge in [0.1, 0.15) is 5.75 Å². The number of rotatable bonds is 19. The van der Waals surface area contributed by atoms with Crippen molar-refractivity contribution in [3.63, 3.8) is 0 Å². The predicted octanol–water partition coefficient (Wildman–Crippen LogP) is 7.83. The van der Waals surface area contributed by atoms with Crippen LogP contribution in [0.15, 0.2) is 53.4 Å². The van der Waals surface area contributed by atoms with Crippen molar-refractivity contribution in [3.05, 3.63) is 54.1 Å². The summed E-state index contributed by atoms with van der Waals surface area (Å²) in [5.74, 6) is -0.413. The summed E-state index contributed by atoms with van der Waals surface area (Å²) in [6.07, 6.45) is 17.9. The molecular weight excluding hydrogens is 474 g/mol. The van der Waals surface area contributed by atoms with Crippen LogP contribution < -0.4 is 4.72 Å². The van der Waals surface area contributed by atoms with Crippen LogP contribution in [-0.2, 0) is 14.8 Å². The second kappa shape index (κ2) is 17.0. The molecule has 0 aliphatic heterocycles. The van der Waals surface area contributed by atoms with Gasteiger partial charge in [0.15, 0.2) is 0 Å². The molecule has 2 N–H and O–H groups in total. The number of hydrogen-bond donors (Lipinski definition) is 2. The third kappa shape index (κ3) is 11.9. The first-order chi connectivity index (χ1) is 17.4. The third-order valence-corrected chi connectivity index (χ3v) is 7.65. The molecular formula is C29H43NO5S. The van der Waals surface area contributed by atoms with Gasteiger partial charge in [0, 0.05) is 5.69 Å². The number of esters is 1. The van der Waals surface area contributed by atoms with Crippen LogP contribution in [0.3, 0.4) is 0 Å². The molecule has 0 amide bonds. The highest BCUT2D eigenvalue weighted by molar-refractivity contribution is 7.92. The number of unbranched alkanes of at least 4 members (excludes halogenated alkanes) is 13. The van der Waals surface area contributed by atoms with E-state index < -0.39 is 16.0 Å². The van der Waals surface area contributed by atoms with Gasteiger partial charge in [-0.15, -0.1) is 0 Å². The molecule has 0 spiro atoms. The molecule has 0 bridgehead atoms. The Morgan fingerprint density at radius 3 is 1.69 bits per heavy atom. The fourth-order valence-electron chi connectivity index (χ4n) is 4.06. The van der Waals surface area contributed by atoms with Crippen LogP contribution in [0.1, 0.15) is 107 Å². The molecule has 36 heavy (non-hydrogen) atoms. The molecule has 2 aromatic rings. The highest BCUT2D eigenvalue weighted by Gasteiger charge is 2.15. The molecule has 6 nitrogen and oxygen atoms in total. The normalized spacial score (nSPS) is 11.4. The number of sulfonamides is 1. The number of aromatic hydroxyl groups is 1. The van der Waals surface area contributed by atoms with Crippen molar-refractivity contribution in [2.24, 2.45) is 0 Å². The lowest BCUT2D eigenvalue weighted by Gasteiger charge is -2.09. The SMILES string of the molecule is CCCCCCCCCCCCCCCCOC(=O)c1ccc(NS(=O)(=O)c2ccc(O)cc2)cc1. The summed E-state index contributed by atoms with van der Waals surface area (Å²) >= 11 is 0. The van der Waals surface area contributed by atoms with Gasteiger partial charge in [-0.3, -0.25) is 4.72 Å². The number of anilines is 1. The zero-order valence-electron chi connectivity index (χ0n) is 21.7. The molecule has 0 saturated heterocycles. The lowest BCUT2D eigenvalue weighted by Crippen LogP contribution is -2.13. The predicted molar refractivity (Wildman–Crippen MR) is 146 cm³/mol. The van der Waals surface area contributed by atoms with Crippen molar-refractivity contribution in [1.29, 1.82) is 0 Å². The molecule has 7 heteroatoms. The van der Waals surface area contributed by atoms with Crippen molar-refractivity contribution in [2.45, 2.75) is 102 Å². The Bertz CT molecular complexity index is 972. The first-order valence-electron chi connectivity index (χ1n) is 13.5. The number of nitrogens with one attached hydrogen (secondary N) is 1. The number of hydrogen-bond acceptors (Lipinski definition) is 5. The Labute approximate surface area is 217 Å². The van der Waals surface area contributed by atoms with Gasteiger partial charge < -0.3 is 9.84 Å². The summed E-state index contributed by atoms with van der Waals surface area (Å²) in [4.78, 5) is 12.3. The maximum atomic E-state index is 12.4. The quantitative estimate of drug-likeness (QED) is 0.146. The van der Waals surface area contributed by atoms with Gasteiger partial charge in [-0.1, -0.05) is 90.4 Å². The van der Waals surface area contributed by atoms with E-state index in [1.807, 2.05) is 0 Å². The standard InChI is InChI=1S/C29H43NO5S/c1-2-3-4-5-6-7-8-9-10-11-12-13-14-15-24-35-29(32)25-16-18-26(19-17-25)30-36(33,34)28-22-20-27(31)21-23-28/h16-23,30-31H,2-15,24H2,1H3. The molecule has 2 aromatic carbocycles. The number of phenols is 1. The van der Waals surface area contributed by atoms with Crippen LogP contribution in [0.25, 0.3) is 0 Å². The summed E-state index contributed by atoms with van der Waals surface area (Å²) in [6.45, 7) is 2.65. The van der Waals surface area contributed by atoms with Crippen LogP contribution in [0.5, 0.6) is 5.75 Å². The smallest absolute Gasteiger partial charge is 0.338 e. The van der Waals surface area contributed by atoms with Crippen LogP contribution in [-0.4, -0.2) is 26.1 Å². The lowest BCUT2D eigenvalue weighted by atomic mass is 10.0. The first-order valence-corrected chi connectivity index (χ1v) is 15.0. The summed E-state index contributed by atoms with van der Waals surface area (Å²) < 4.78 is 32.6. The summed E-state index contributed by atoms with van der Waals surface area (Å²) in [7, 11) is -3.78. The lowest BCUT2D eigenvalue weighted by molar-refractivity contribution is 0.0497. The van der Waals surface area contributed by atoms with Crippen LogP contribution in [0, 0.1) is 0 Å². The first kappa shape index (κ1) is 29.7. The molecule has 200 valence electrons. The maximum Gasteiger partial charge on any atom is 0.338 e. The monoisotopic (exact) mass is 517 g/mol. The number of carbonyl (C=O) groups is 1. The molecule has 2 rings (SSSR count). The maximum absolute atomic E-state index is 12.4. The third-order valence-electron chi connectivity index (χ3n) is 6.25. The molecule has 0 fully saturated rings. The van der Waals surface area contributed by atoms with E-state index in [0.29, 0.717) is 17.9 Å². The van der Waals surface area contributed by atoms with Gasteiger partial charge in [0.2, 0.25) is 0 Å². The Kier molecular flexibility index (Phi) is 14.0. The van der Waals surface area contributed by atoms with Crippen LogP contribution in [0.4, 0.5) is 5.69 Å². The van der Waals surface area contributed by atoms with E-state index in [0.717, 1.165) is 12.8 Å². The van der Waals surface area contributed by atoms with E-state index in [1.165, 1.54) is 113 Å². The van der Waals surface area contributed by atoms with Gasteiger partial charge in [-0.25, -0.2) is 13.2 Å². The van der Waals surface area contributed by atoms with E-state index in [9.17, 15) is 18.3 Å². The van der Waals surface area contributed by atoms with E-state index >= 15 is 0 Å². The van der Waals surface area contributed by atoms with Gasteiger partial charge in [0.25, 0.3) is 10.0 Å². The molecule has 0 unspecified atom stereocenters. The Hall–Kier alpha value is -2.54. The minimum Gasteiger partial charge on any atom is -0.508 e. The van der Waals surface area contributed by atoms with Crippen molar-refractivity contribution < 1.29 is 23.1 Å². The molecule has 0 atom stereocenters. The average molecular weight is 518 g/mol. The topological polar surface area (TPSA) is 92.7 Å². The summed E-state index contributed by atoms with van der Waals surface area (Å²) in [5.41, 5.74) is 0.722. The highest BCUT2D eigenvalue weighted by Crippen LogP contribution is 2.19. The summed E-state index contributed by atoms with van der Waals surface area (Å²) in [6, 6.07) is 11.4. The fraction of sp³-hybridized carbons (Fsp3) is 0.552. The van der Waals surface area contributed by atoms with Crippen molar-refractivity contribution in [2.75, 3.05) is 11.3 Å². The average Bonchev–Trinajstić information content (AvgIpc) is 2.86. The van der Waals surface area contributed by atoms with Crippen molar-refractivity contribution >= 4 is 21.7 Å². The zero-order valence-corrected chi connectivity index (χ0v) is 22.5. The number of carbonyl (C=O) groups excluding carboxylic acids is 1. The van der Waals surface area contributed by atoms with Gasteiger partial charge in [-0.05, 0) is 55.0 Å². The highest BCUT2D eigenvalue weighted by atomic mass is 32.2. The second-order valence-electron chi connectivity index (χ2n) is 9.41. The van der Waals surface area contributed by atoms with Crippen molar-refractivity contribution in [3.8, 4) is 5.75 Å². The van der Waals surface area contributed by atoms with E-state index in [2.05, 4.69) is 11.6 Å². The van der Waals surface area contributed by atoms with Gasteiger partial charge in [-0.2, -0.15) is 0 Å². The molecule has 0 aliphatic carbocycles.